The first-order valence-corrected chi connectivity index (χ1v) is 20.2. The van der Waals surface area contributed by atoms with Crippen LogP contribution in [0.15, 0.2) is 194 Å². The van der Waals surface area contributed by atoms with Gasteiger partial charge in [0.15, 0.2) is 0 Å². The van der Waals surface area contributed by atoms with Gasteiger partial charge in [-0.1, -0.05) is 141 Å². The Hall–Kier alpha value is -6.68. The second-order valence-electron chi connectivity index (χ2n) is 15.4. The van der Waals surface area contributed by atoms with Crippen molar-refractivity contribution in [3.05, 3.63) is 205 Å². The highest BCUT2D eigenvalue weighted by Crippen LogP contribution is 2.53. The maximum absolute atomic E-state index is 2.47. The summed E-state index contributed by atoms with van der Waals surface area (Å²) in [6.45, 7) is 4.78. The molecule has 0 amide bonds. The first-order valence-electron chi connectivity index (χ1n) is 19.3. The smallest absolute Gasteiger partial charge is 0.0540 e. The van der Waals surface area contributed by atoms with Gasteiger partial charge in [0.05, 0.1) is 11.4 Å². The standard InChI is InChI=1S/C53H38N2S/c1-53(2)47-32-38(54(37-18-4-3-5-19-37)49-23-12-16-35-14-6-8-20-41(35)49)26-29-43(47)44-30-27-39(33-48(44)53)55(50-24-13-17-36-15-7-9-21-42(36)50)40-28-31-46-45-22-10-11-25-51(45)56-52(46)34-40/h3-34H,1-2H3. The molecule has 0 spiro atoms. The van der Waals surface area contributed by atoms with Crippen LogP contribution < -0.4 is 9.80 Å². The molecule has 1 aromatic heterocycles. The second kappa shape index (κ2) is 12.7. The van der Waals surface area contributed by atoms with Gasteiger partial charge in [-0.15, -0.1) is 11.3 Å². The Labute approximate surface area is 331 Å². The highest BCUT2D eigenvalue weighted by molar-refractivity contribution is 7.25. The molecule has 11 rings (SSSR count). The normalized spacial score (nSPS) is 13.0. The van der Waals surface area contributed by atoms with E-state index in [1.165, 1.54) is 75.3 Å². The number of benzene rings is 9. The minimum absolute atomic E-state index is 0.238. The molecule has 10 aromatic rings. The molecule has 0 fully saturated rings. The van der Waals surface area contributed by atoms with Gasteiger partial charge < -0.3 is 9.80 Å². The number of anilines is 6. The van der Waals surface area contributed by atoms with Crippen molar-refractivity contribution < 1.29 is 0 Å². The molecule has 0 radical (unpaired) electrons. The zero-order chi connectivity index (χ0) is 37.4. The topological polar surface area (TPSA) is 6.48 Å². The van der Waals surface area contributed by atoms with Crippen LogP contribution in [0, 0.1) is 0 Å². The maximum Gasteiger partial charge on any atom is 0.0540 e. The molecule has 1 heterocycles. The Morgan fingerprint density at radius 1 is 0.357 bits per heavy atom. The molecule has 0 unspecified atom stereocenters. The summed E-state index contributed by atoms with van der Waals surface area (Å²) in [4.78, 5) is 4.88. The van der Waals surface area contributed by atoms with Crippen molar-refractivity contribution in [3.63, 3.8) is 0 Å². The molecule has 2 nitrogen and oxygen atoms in total. The van der Waals surface area contributed by atoms with E-state index in [1.54, 1.807) is 0 Å². The summed E-state index contributed by atoms with van der Waals surface area (Å²) in [6, 6.07) is 71.4. The number of para-hydroxylation sites is 1. The molecular formula is C53H38N2S. The predicted octanol–water partition coefficient (Wildman–Crippen LogP) is 15.6. The van der Waals surface area contributed by atoms with E-state index in [1.807, 2.05) is 11.3 Å². The third-order valence-corrected chi connectivity index (χ3v) is 12.9. The summed E-state index contributed by atoms with van der Waals surface area (Å²) < 4.78 is 2.61. The van der Waals surface area contributed by atoms with Crippen LogP contribution in [0.25, 0.3) is 52.8 Å². The summed E-state index contributed by atoms with van der Waals surface area (Å²) in [5.41, 5.74) is 12.0. The van der Waals surface area contributed by atoms with Crippen molar-refractivity contribution in [1.29, 1.82) is 0 Å². The van der Waals surface area contributed by atoms with Crippen molar-refractivity contribution >= 4 is 87.2 Å². The van der Waals surface area contributed by atoms with Gasteiger partial charge in [0.1, 0.15) is 0 Å². The van der Waals surface area contributed by atoms with Gasteiger partial charge in [-0.3, -0.25) is 0 Å². The number of rotatable bonds is 6. The van der Waals surface area contributed by atoms with Gasteiger partial charge in [0.2, 0.25) is 0 Å². The summed E-state index contributed by atoms with van der Waals surface area (Å²) in [5.74, 6) is 0. The summed E-state index contributed by atoms with van der Waals surface area (Å²) in [7, 11) is 0. The van der Waals surface area contributed by atoms with Gasteiger partial charge in [-0.25, -0.2) is 0 Å². The van der Waals surface area contributed by atoms with E-state index >= 15 is 0 Å². The molecule has 3 heteroatoms. The quantitative estimate of drug-likeness (QED) is 0.168. The van der Waals surface area contributed by atoms with Crippen molar-refractivity contribution in [1.82, 2.24) is 0 Å². The predicted molar refractivity (Wildman–Crippen MR) is 241 cm³/mol. The zero-order valence-corrected chi connectivity index (χ0v) is 32.1. The first-order chi connectivity index (χ1) is 27.5. The lowest BCUT2D eigenvalue weighted by molar-refractivity contribution is 0.660. The van der Waals surface area contributed by atoms with Crippen molar-refractivity contribution in [2.45, 2.75) is 19.3 Å². The Morgan fingerprint density at radius 2 is 0.821 bits per heavy atom. The lowest BCUT2D eigenvalue weighted by Gasteiger charge is -2.30. The summed E-state index contributed by atoms with van der Waals surface area (Å²) in [5, 5.41) is 7.55. The third-order valence-electron chi connectivity index (χ3n) is 11.8. The van der Waals surface area contributed by atoms with Crippen molar-refractivity contribution in [2.75, 3.05) is 9.80 Å². The van der Waals surface area contributed by atoms with Gasteiger partial charge in [-0.2, -0.15) is 0 Å². The monoisotopic (exact) mass is 734 g/mol. The van der Waals surface area contributed by atoms with E-state index in [0.717, 1.165) is 22.7 Å². The first kappa shape index (κ1) is 32.7. The highest BCUT2D eigenvalue weighted by atomic mass is 32.1. The fourth-order valence-electron chi connectivity index (χ4n) is 9.08. The maximum atomic E-state index is 2.47. The SMILES string of the molecule is CC1(C)c2cc(N(c3ccccc3)c3cccc4ccccc34)ccc2-c2ccc(N(c3ccc4c(c3)sc3ccccc34)c3cccc4ccccc34)cc21. The number of hydrogen-bond donors (Lipinski definition) is 0. The fraction of sp³-hybridized carbons (Fsp3) is 0.0566. The number of thiophene rings is 1. The lowest BCUT2D eigenvalue weighted by atomic mass is 9.82. The van der Waals surface area contributed by atoms with E-state index < -0.39 is 0 Å². The Balaban J connectivity index is 1.07. The molecular weight excluding hydrogens is 697 g/mol. The molecule has 0 saturated heterocycles. The molecule has 0 saturated carbocycles. The van der Waals surface area contributed by atoms with E-state index in [9.17, 15) is 0 Å². The zero-order valence-electron chi connectivity index (χ0n) is 31.3. The van der Waals surface area contributed by atoms with Crippen molar-refractivity contribution in [2.24, 2.45) is 0 Å². The van der Waals surface area contributed by atoms with Crippen LogP contribution in [0.1, 0.15) is 25.0 Å². The number of nitrogens with zero attached hydrogens (tertiary/aromatic N) is 2. The lowest BCUT2D eigenvalue weighted by Crippen LogP contribution is -2.18. The Bertz CT molecular complexity index is 3130. The van der Waals surface area contributed by atoms with Gasteiger partial charge >= 0.3 is 0 Å². The molecule has 56 heavy (non-hydrogen) atoms. The van der Waals surface area contributed by atoms with Gasteiger partial charge in [0.25, 0.3) is 0 Å². The van der Waals surface area contributed by atoms with Crippen LogP contribution in [0.5, 0.6) is 0 Å². The van der Waals surface area contributed by atoms with E-state index in [0.29, 0.717) is 0 Å². The molecule has 0 bridgehead atoms. The molecule has 1 aliphatic rings. The average molecular weight is 735 g/mol. The molecule has 0 aliphatic heterocycles. The van der Waals surface area contributed by atoms with Gasteiger partial charge in [0, 0.05) is 59.1 Å². The molecule has 1 aliphatic carbocycles. The van der Waals surface area contributed by atoms with Crippen LogP contribution in [-0.4, -0.2) is 0 Å². The molecule has 0 atom stereocenters. The Morgan fingerprint density at radius 3 is 1.45 bits per heavy atom. The second-order valence-corrected chi connectivity index (χ2v) is 16.5. The number of hydrogen-bond acceptors (Lipinski definition) is 3. The van der Waals surface area contributed by atoms with Crippen LogP contribution in [0.2, 0.25) is 0 Å². The average Bonchev–Trinajstić information content (AvgIpc) is 3.72. The van der Waals surface area contributed by atoms with E-state index in [2.05, 4.69) is 218 Å². The summed E-state index contributed by atoms with van der Waals surface area (Å²) >= 11 is 1.87. The third kappa shape index (κ3) is 5.08. The van der Waals surface area contributed by atoms with Gasteiger partial charge in [-0.05, 0) is 99.8 Å². The number of fused-ring (bicyclic) bond motifs is 8. The largest absolute Gasteiger partial charge is 0.310 e. The van der Waals surface area contributed by atoms with Crippen LogP contribution >= 0.6 is 11.3 Å². The van der Waals surface area contributed by atoms with Crippen LogP contribution in [-0.2, 0) is 5.41 Å². The van der Waals surface area contributed by atoms with E-state index in [4.69, 9.17) is 0 Å². The van der Waals surface area contributed by atoms with E-state index in [-0.39, 0.29) is 5.41 Å². The molecule has 266 valence electrons. The molecule has 9 aromatic carbocycles. The summed E-state index contributed by atoms with van der Waals surface area (Å²) in [6.07, 6.45) is 0. The van der Waals surface area contributed by atoms with Crippen LogP contribution in [0.4, 0.5) is 34.1 Å². The minimum atomic E-state index is -0.238. The highest BCUT2D eigenvalue weighted by Gasteiger charge is 2.37. The molecule has 0 N–H and O–H groups in total. The van der Waals surface area contributed by atoms with Crippen molar-refractivity contribution in [3.8, 4) is 11.1 Å². The fourth-order valence-corrected chi connectivity index (χ4v) is 10.2. The minimum Gasteiger partial charge on any atom is -0.310 e. The Kier molecular flexibility index (Phi) is 7.42. The van der Waals surface area contributed by atoms with Crippen LogP contribution in [0.3, 0.4) is 0 Å².